The fourth-order valence-electron chi connectivity index (χ4n) is 2.72. The summed E-state index contributed by atoms with van der Waals surface area (Å²) in [5, 5.41) is 6.45. The van der Waals surface area contributed by atoms with E-state index in [0.717, 1.165) is 19.6 Å². The van der Waals surface area contributed by atoms with Crippen LogP contribution in [0.5, 0.6) is 0 Å². The maximum absolute atomic E-state index is 13.5. The summed E-state index contributed by atoms with van der Waals surface area (Å²) in [6.07, 6.45) is 6.35. The van der Waals surface area contributed by atoms with E-state index in [0.29, 0.717) is 23.6 Å². The maximum Gasteiger partial charge on any atom is 0.191 e. The molecule has 1 aliphatic rings. The van der Waals surface area contributed by atoms with Gasteiger partial charge in [0, 0.05) is 33.5 Å². The third kappa shape index (κ3) is 4.40. The molecule has 0 bridgehead atoms. The lowest BCUT2D eigenvalue weighted by atomic mass is 9.67. The van der Waals surface area contributed by atoms with Gasteiger partial charge in [0.05, 0.1) is 12.2 Å². The number of aromatic nitrogens is 1. The summed E-state index contributed by atoms with van der Waals surface area (Å²) in [5.74, 6) is 0.370. The van der Waals surface area contributed by atoms with Gasteiger partial charge in [-0.1, -0.05) is 6.42 Å². The minimum atomic E-state index is -0.305. The summed E-state index contributed by atoms with van der Waals surface area (Å²) < 4.78 is 18.7. The van der Waals surface area contributed by atoms with E-state index in [9.17, 15) is 4.39 Å². The first-order valence-corrected chi connectivity index (χ1v) is 7.72. The van der Waals surface area contributed by atoms with Crippen LogP contribution >= 0.6 is 0 Å². The third-order valence-electron chi connectivity index (χ3n) is 4.36. The molecule has 2 N–H and O–H groups in total. The van der Waals surface area contributed by atoms with Crippen molar-refractivity contribution in [1.29, 1.82) is 0 Å². The Morgan fingerprint density at radius 2 is 2.27 bits per heavy atom. The van der Waals surface area contributed by atoms with Crippen LogP contribution in [0.4, 0.5) is 4.39 Å². The summed E-state index contributed by atoms with van der Waals surface area (Å²) in [6, 6.07) is 3.00. The highest BCUT2D eigenvalue weighted by molar-refractivity contribution is 5.79. The van der Waals surface area contributed by atoms with Crippen LogP contribution in [0.3, 0.4) is 0 Å². The van der Waals surface area contributed by atoms with Crippen molar-refractivity contribution in [1.82, 2.24) is 15.6 Å². The SMILES string of the molecule is CN=C(NCc1ncccc1F)NCC1(CCOC)CCC1. The van der Waals surface area contributed by atoms with E-state index in [2.05, 4.69) is 20.6 Å². The molecule has 0 radical (unpaired) electrons. The van der Waals surface area contributed by atoms with Crippen LogP contribution in [-0.4, -0.2) is 38.3 Å². The Hall–Kier alpha value is -1.69. The minimum Gasteiger partial charge on any atom is -0.385 e. The molecule has 1 saturated carbocycles. The highest BCUT2D eigenvalue weighted by Crippen LogP contribution is 2.43. The zero-order chi connectivity index (χ0) is 15.8. The van der Waals surface area contributed by atoms with Crippen molar-refractivity contribution in [3.8, 4) is 0 Å². The van der Waals surface area contributed by atoms with Gasteiger partial charge in [0.25, 0.3) is 0 Å². The third-order valence-corrected chi connectivity index (χ3v) is 4.36. The van der Waals surface area contributed by atoms with Crippen molar-refractivity contribution >= 4 is 5.96 Å². The quantitative estimate of drug-likeness (QED) is 0.598. The van der Waals surface area contributed by atoms with Gasteiger partial charge in [-0.2, -0.15) is 0 Å². The van der Waals surface area contributed by atoms with Crippen LogP contribution in [-0.2, 0) is 11.3 Å². The number of halogens is 1. The molecule has 0 spiro atoms. The van der Waals surface area contributed by atoms with Gasteiger partial charge in [0.1, 0.15) is 5.82 Å². The molecule has 0 aliphatic heterocycles. The molecule has 5 nitrogen and oxygen atoms in total. The number of pyridine rings is 1. The van der Waals surface area contributed by atoms with Crippen molar-refractivity contribution < 1.29 is 9.13 Å². The molecule has 0 amide bonds. The van der Waals surface area contributed by atoms with Crippen molar-refractivity contribution in [3.63, 3.8) is 0 Å². The lowest BCUT2D eigenvalue weighted by molar-refractivity contribution is 0.0732. The highest BCUT2D eigenvalue weighted by atomic mass is 19.1. The zero-order valence-electron chi connectivity index (χ0n) is 13.4. The Balaban J connectivity index is 1.81. The predicted molar refractivity (Wildman–Crippen MR) is 85.2 cm³/mol. The zero-order valence-corrected chi connectivity index (χ0v) is 13.4. The number of hydrogen-bond donors (Lipinski definition) is 2. The topological polar surface area (TPSA) is 58.5 Å². The highest BCUT2D eigenvalue weighted by Gasteiger charge is 2.36. The molecule has 2 rings (SSSR count). The Labute approximate surface area is 131 Å². The fraction of sp³-hybridized carbons (Fsp3) is 0.625. The van der Waals surface area contributed by atoms with E-state index < -0.39 is 0 Å². The summed E-state index contributed by atoms with van der Waals surface area (Å²) in [4.78, 5) is 8.21. The summed E-state index contributed by atoms with van der Waals surface area (Å²) in [5.41, 5.74) is 0.701. The minimum absolute atomic E-state index is 0.305. The van der Waals surface area contributed by atoms with Gasteiger partial charge in [-0.3, -0.25) is 9.98 Å². The molecule has 1 aliphatic carbocycles. The molecular weight excluding hydrogens is 283 g/mol. The first-order valence-electron chi connectivity index (χ1n) is 7.72. The molecule has 22 heavy (non-hydrogen) atoms. The normalized spacial score (nSPS) is 17.0. The fourth-order valence-corrected chi connectivity index (χ4v) is 2.72. The number of rotatable bonds is 7. The van der Waals surface area contributed by atoms with Gasteiger partial charge in [-0.05, 0) is 36.8 Å². The molecular formula is C16H25FN4O. The van der Waals surface area contributed by atoms with E-state index >= 15 is 0 Å². The second-order valence-corrected chi connectivity index (χ2v) is 5.81. The van der Waals surface area contributed by atoms with E-state index in [-0.39, 0.29) is 5.82 Å². The van der Waals surface area contributed by atoms with Crippen LogP contribution in [0.15, 0.2) is 23.3 Å². The molecule has 0 atom stereocenters. The van der Waals surface area contributed by atoms with Crippen LogP contribution in [0.2, 0.25) is 0 Å². The summed E-state index contributed by atoms with van der Waals surface area (Å²) >= 11 is 0. The predicted octanol–water partition coefficient (Wildman–Crippen LogP) is 2.09. The maximum atomic E-state index is 13.5. The van der Waals surface area contributed by atoms with Gasteiger partial charge in [-0.15, -0.1) is 0 Å². The number of aliphatic imine (C=N–C) groups is 1. The average Bonchev–Trinajstić information content (AvgIpc) is 2.50. The Kier molecular flexibility index (Phi) is 6.12. The number of nitrogens with one attached hydrogen (secondary N) is 2. The number of hydrogen-bond acceptors (Lipinski definition) is 3. The number of nitrogens with zero attached hydrogens (tertiary/aromatic N) is 2. The molecule has 1 fully saturated rings. The van der Waals surface area contributed by atoms with Crippen molar-refractivity contribution in [2.45, 2.75) is 32.2 Å². The van der Waals surface area contributed by atoms with Crippen LogP contribution in [0.1, 0.15) is 31.4 Å². The number of guanidine groups is 1. The largest absolute Gasteiger partial charge is 0.385 e. The Morgan fingerprint density at radius 1 is 1.45 bits per heavy atom. The Bertz CT molecular complexity index is 503. The molecule has 6 heteroatoms. The molecule has 0 unspecified atom stereocenters. The molecule has 1 aromatic heterocycles. The van der Waals surface area contributed by atoms with Gasteiger partial charge in [0.2, 0.25) is 0 Å². The lowest BCUT2D eigenvalue weighted by Gasteiger charge is -2.42. The van der Waals surface area contributed by atoms with E-state index in [1.807, 2.05) is 0 Å². The Morgan fingerprint density at radius 3 is 2.86 bits per heavy atom. The van der Waals surface area contributed by atoms with Gasteiger partial charge in [0.15, 0.2) is 5.96 Å². The van der Waals surface area contributed by atoms with Crippen molar-refractivity contribution in [3.05, 3.63) is 29.8 Å². The van der Waals surface area contributed by atoms with Gasteiger partial charge < -0.3 is 15.4 Å². The average molecular weight is 308 g/mol. The lowest BCUT2D eigenvalue weighted by Crippen LogP contribution is -2.46. The number of ether oxygens (including phenoxy) is 1. The molecule has 0 aromatic carbocycles. The first kappa shape index (κ1) is 16.7. The molecule has 122 valence electrons. The molecule has 1 aromatic rings. The standard InChI is InChI=1S/C16H25FN4O/c1-18-15(20-11-14-13(17)5-3-9-19-14)21-12-16(6-4-7-16)8-10-22-2/h3,5,9H,4,6-8,10-12H2,1-2H3,(H2,18,20,21). The van der Waals surface area contributed by atoms with Crippen LogP contribution in [0, 0.1) is 11.2 Å². The van der Waals surface area contributed by atoms with E-state index in [1.165, 1.54) is 25.3 Å². The summed E-state index contributed by atoms with van der Waals surface area (Å²) in [6.45, 7) is 1.96. The molecule has 1 heterocycles. The van der Waals surface area contributed by atoms with Crippen molar-refractivity contribution in [2.24, 2.45) is 10.4 Å². The second-order valence-electron chi connectivity index (χ2n) is 5.81. The van der Waals surface area contributed by atoms with Crippen molar-refractivity contribution in [2.75, 3.05) is 27.3 Å². The van der Waals surface area contributed by atoms with E-state index in [1.54, 1.807) is 26.4 Å². The number of methoxy groups -OCH3 is 1. The van der Waals surface area contributed by atoms with E-state index in [4.69, 9.17) is 4.74 Å². The monoisotopic (exact) mass is 308 g/mol. The first-order chi connectivity index (χ1) is 10.7. The summed E-state index contributed by atoms with van der Waals surface area (Å²) in [7, 11) is 3.45. The van der Waals surface area contributed by atoms with Crippen LogP contribution in [0.25, 0.3) is 0 Å². The smallest absolute Gasteiger partial charge is 0.191 e. The second kappa shape index (κ2) is 8.08. The molecule has 0 saturated heterocycles. The van der Waals surface area contributed by atoms with Crippen LogP contribution < -0.4 is 10.6 Å². The van der Waals surface area contributed by atoms with Gasteiger partial charge in [-0.25, -0.2) is 4.39 Å². The van der Waals surface area contributed by atoms with Gasteiger partial charge >= 0.3 is 0 Å².